The van der Waals surface area contributed by atoms with Gasteiger partial charge >= 0.3 is 6.18 Å². The summed E-state index contributed by atoms with van der Waals surface area (Å²) in [6.45, 7) is 2.48. The van der Waals surface area contributed by atoms with Crippen LogP contribution in [0.15, 0.2) is 24.3 Å². The van der Waals surface area contributed by atoms with E-state index in [0.29, 0.717) is 24.9 Å². The van der Waals surface area contributed by atoms with E-state index >= 15 is 0 Å². The number of hydrogen-bond donors (Lipinski definition) is 1. The quantitative estimate of drug-likeness (QED) is 0.887. The SMILES string of the molecule is C[C@@H](CCN[C@H]1CCCS(=O)(=O)C1)c1cccc(C(F)(F)F)c1. The van der Waals surface area contributed by atoms with E-state index < -0.39 is 21.6 Å². The van der Waals surface area contributed by atoms with Crippen molar-refractivity contribution in [2.45, 2.75) is 44.3 Å². The number of rotatable bonds is 5. The summed E-state index contributed by atoms with van der Waals surface area (Å²) in [6, 6.07) is 5.35. The van der Waals surface area contributed by atoms with Crippen molar-refractivity contribution in [3.63, 3.8) is 0 Å². The summed E-state index contributed by atoms with van der Waals surface area (Å²) in [5.74, 6) is 0.390. The molecular formula is C16H22F3NO2S. The van der Waals surface area contributed by atoms with Gasteiger partial charge in [-0.05, 0) is 43.4 Å². The van der Waals surface area contributed by atoms with Gasteiger partial charge in [0.15, 0.2) is 9.84 Å². The topological polar surface area (TPSA) is 46.2 Å². The Morgan fingerprint density at radius 2 is 2.09 bits per heavy atom. The predicted molar refractivity (Wildman–Crippen MR) is 84.2 cm³/mol. The molecule has 3 nitrogen and oxygen atoms in total. The van der Waals surface area contributed by atoms with E-state index in [9.17, 15) is 21.6 Å². The lowest BCUT2D eigenvalue weighted by atomic mass is 9.96. The first kappa shape index (κ1) is 18.3. The van der Waals surface area contributed by atoms with Crippen LogP contribution in [0.1, 0.15) is 43.2 Å². The average Bonchev–Trinajstić information content (AvgIpc) is 2.45. The van der Waals surface area contributed by atoms with E-state index in [2.05, 4.69) is 5.32 Å². The molecule has 7 heteroatoms. The van der Waals surface area contributed by atoms with Crippen LogP contribution < -0.4 is 5.32 Å². The number of sulfone groups is 1. The van der Waals surface area contributed by atoms with E-state index in [1.165, 1.54) is 12.1 Å². The zero-order valence-electron chi connectivity index (χ0n) is 13.1. The molecule has 1 N–H and O–H groups in total. The molecule has 0 unspecified atom stereocenters. The lowest BCUT2D eigenvalue weighted by Crippen LogP contribution is -2.40. The fourth-order valence-electron chi connectivity index (χ4n) is 2.88. The van der Waals surface area contributed by atoms with Crippen LogP contribution in [-0.4, -0.2) is 32.5 Å². The van der Waals surface area contributed by atoms with E-state index in [0.717, 1.165) is 12.5 Å². The fraction of sp³-hybridized carbons (Fsp3) is 0.625. The molecular weight excluding hydrogens is 327 g/mol. The van der Waals surface area contributed by atoms with Crippen molar-refractivity contribution in [1.29, 1.82) is 0 Å². The standard InChI is InChI=1S/C16H22F3NO2S/c1-12(13-4-2-5-14(10-13)16(17,18)19)7-8-20-15-6-3-9-23(21,22)11-15/h2,4-5,10,12,15,20H,3,6-9,11H2,1H3/t12-,15-/m0/s1. The molecule has 1 saturated heterocycles. The summed E-state index contributed by atoms with van der Waals surface area (Å²) in [5.41, 5.74) is 0.0195. The molecule has 0 amide bonds. The highest BCUT2D eigenvalue weighted by molar-refractivity contribution is 7.91. The molecule has 130 valence electrons. The van der Waals surface area contributed by atoms with Crippen LogP contribution in [-0.2, 0) is 16.0 Å². The molecule has 0 saturated carbocycles. The Kier molecular flexibility index (Phi) is 5.73. The molecule has 0 aliphatic carbocycles. The van der Waals surface area contributed by atoms with Crippen molar-refractivity contribution < 1.29 is 21.6 Å². The van der Waals surface area contributed by atoms with Gasteiger partial charge in [-0.25, -0.2) is 8.42 Å². The Morgan fingerprint density at radius 1 is 1.35 bits per heavy atom. The Morgan fingerprint density at radius 3 is 2.74 bits per heavy atom. The molecule has 23 heavy (non-hydrogen) atoms. The Balaban J connectivity index is 1.86. The van der Waals surface area contributed by atoms with Crippen LogP contribution in [0, 0.1) is 0 Å². The third-order valence-corrected chi connectivity index (χ3v) is 6.08. The van der Waals surface area contributed by atoms with Gasteiger partial charge in [0.05, 0.1) is 17.1 Å². The van der Waals surface area contributed by atoms with Crippen LogP contribution >= 0.6 is 0 Å². The van der Waals surface area contributed by atoms with Crippen molar-refractivity contribution in [2.24, 2.45) is 0 Å². The van der Waals surface area contributed by atoms with Crippen LogP contribution in [0.4, 0.5) is 13.2 Å². The third kappa shape index (κ3) is 5.49. The maximum atomic E-state index is 12.7. The highest BCUT2D eigenvalue weighted by atomic mass is 32.2. The summed E-state index contributed by atoms with van der Waals surface area (Å²) in [6.07, 6.45) is -2.16. The normalized spacial score (nSPS) is 22.7. The second kappa shape index (κ2) is 7.21. The van der Waals surface area contributed by atoms with E-state index in [4.69, 9.17) is 0 Å². The highest BCUT2D eigenvalue weighted by Crippen LogP contribution is 2.31. The molecule has 1 heterocycles. The largest absolute Gasteiger partial charge is 0.416 e. The molecule has 1 aromatic carbocycles. The van der Waals surface area contributed by atoms with Gasteiger partial charge in [0.25, 0.3) is 0 Å². The number of hydrogen-bond acceptors (Lipinski definition) is 3. The lowest BCUT2D eigenvalue weighted by Gasteiger charge is -2.24. The first-order valence-electron chi connectivity index (χ1n) is 7.78. The zero-order valence-corrected chi connectivity index (χ0v) is 13.9. The summed E-state index contributed by atoms with van der Waals surface area (Å²) >= 11 is 0. The van der Waals surface area contributed by atoms with E-state index in [1.807, 2.05) is 6.92 Å². The number of nitrogens with one attached hydrogen (secondary N) is 1. The summed E-state index contributed by atoms with van der Waals surface area (Å²) in [4.78, 5) is 0. The minimum absolute atomic E-state index is 0.0232. The zero-order chi connectivity index (χ0) is 17.1. The Labute approximate surface area is 135 Å². The fourth-order valence-corrected chi connectivity index (χ4v) is 4.55. The summed E-state index contributed by atoms with van der Waals surface area (Å²) < 4.78 is 61.3. The number of benzene rings is 1. The van der Waals surface area contributed by atoms with Gasteiger partial charge < -0.3 is 5.32 Å². The van der Waals surface area contributed by atoms with Crippen LogP contribution in [0.3, 0.4) is 0 Å². The summed E-state index contributed by atoms with van der Waals surface area (Å²) in [5, 5.41) is 3.22. The van der Waals surface area contributed by atoms with Crippen molar-refractivity contribution in [1.82, 2.24) is 5.32 Å². The summed E-state index contributed by atoms with van der Waals surface area (Å²) in [7, 11) is -2.94. The van der Waals surface area contributed by atoms with Crippen LogP contribution in [0.5, 0.6) is 0 Å². The third-order valence-electron chi connectivity index (χ3n) is 4.26. The van der Waals surface area contributed by atoms with Gasteiger partial charge in [0.2, 0.25) is 0 Å². The first-order valence-corrected chi connectivity index (χ1v) is 9.60. The molecule has 1 aliphatic rings. The van der Waals surface area contributed by atoms with Gasteiger partial charge in [0.1, 0.15) is 0 Å². The predicted octanol–water partition coefficient (Wildman–Crippen LogP) is 3.37. The lowest BCUT2D eigenvalue weighted by molar-refractivity contribution is -0.137. The van der Waals surface area contributed by atoms with Gasteiger partial charge in [-0.15, -0.1) is 0 Å². The van der Waals surface area contributed by atoms with Crippen molar-refractivity contribution in [3.8, 4) is 0 Å². The molecule has 2 atom stereocenters. The molecule has 0 bridgehead atoms. The molecule has 1 fully saturated rings. The number of halogens is 3. The van der Waals surface area contributed by atoms with Crippen molar-refractivity contribution in [3.05, 3.63) is 35.4 Å². The van der Waals surface area contributed by atoms with E-state index in [-0.39, 0.29) is 23.5 Å². The first-order chi connectivity index (χ1) is 10.7. The average molecular weight is 349 g/mol. The number of alkyl halides is 3. The molecule has 0 spiro atoms. The minimum atomic E-state index is -4.33. The van der Waals surface area contributed by atoms with Crippen LogP contribution in [0.25, 0.3) is 0 Å². The highest BCUT2D eigenvalue weighted by Gasteiger charge is 2.30. The Bertz CT molecular complexity index is 628. The van der Waals surface area contributed by atoms with Gasteiger partial charge in [-0.1, -0.05) is 25.1 Å². The molecule has 2 rings (SSSR count). The van der Waals surface area contributed by atoms with Crippen LogP contribution in [0.2, 0.25) is 0 Å². The van der Waals surface area contributed by atoms with Gasteiger partial charge in [-0.3, -0.25) is 0 Å². The maximum Gasteiger partial charge on any atom is 0.416 e. The van der Waals surface area contributed by atoms with E-state index in [1.54, 1.807) is 6.07 Å². The van der Waals surface area contributed by atoms with Crippen molar-refractivity contribution in [2.75, 3.05) is 18.1 Å². The smallest absolute Gasteiger partial charge is 0.313 e. The van der Waals surface area contributed by atoms with Crippen molar-refractivity contribution >= 4 is 9.84 Å². The molecule has 1 aromatic rings. The second-order valence-electron chi connectivity index (χ2n) is 6.22. The Hall–Kier alpha value is -1.08. The molecule has 0 radical (unpaired) electrons. The van der Waals surface area contributed by atoms with Gasteiger partial charge in [-0.2, -0.15) is 13.2 Å². The molecule has 0 aromatic heterocycles. The van der Waals surface area contributed by atoms with Gasteiger partial charge in [0, 0.05) is 6.04 Å². The monoisotopic (exact) mass is 349 g/mol. The second-order valence-corrected chi connectivity index (χ2v) is 8.45. The maximum absolute atomic E-state index is 12.7. The minimum Gasteiger partial charge on any atom is -0.313 e. The molecule has 1 aliphatic heterocycles.